The van der Waals surface area contributed by atoms with Crippen molar-refractivity contribution >= 4 is 21.9 Å². The van der Waals surface area contributed by atoms with Gasteiger partial charge in [-0.25, -0.2) is 9.48 Å². The predicted molar refractivity (Wildman–Crippen MR) is 74.5 cm³/mol. The summed E-state index contributed by atoms with van der Waals surface area (Å²) in [6.07, 6.45) is 0.406. The Bertz CT molecular complexity index is 648. The molecule has 20 heavy (non-hydrogen) atoms. The molecule has 0 spiro atoms. The average Bonchev–Trinajstić information content (AvgIpc) is 2.87. The zero-order chi connectivity index (χ0) is 14.9. The van der Waals surface area contributed by atoms with Crippen molar-refractivity contribution in [1.29, 1.82) is 0 Å². The number of rotatable bonds is 5. The van der Waals surface area contributed by atoms with Crippen LogP contribution < -0.4 is 5.73 Å². The molecule has 0 aliphatic heterocycles. The Labute approximate surface area is 123 Å². The Hall–Kier alpha value is -1.74. The fourth-order valence-electron chi connectivity index (χ4n) is 2.00. The van der Waals surface area contributed by atoms with Gasteiger partial charge in [0.05, 0.1) is 28.1 Å². The summed E-state index contributed by atoms with van der Waals surface area (Å²) in [4.78, 5) is 11.1. The molecule has 0 saturated carbocycles. The molecule has 3 N–H and O–H groups in total. The monoisotopic (exact) mass is 342 g/mol. The first-order valence-electron chi connectivity index (χ1n) is 5.99. The lowest BCUT2D eigenvalue weighted by atomic mass is 10.2. The maximum Gasteiger partial charge on any atom is 0.358 e. The summed E-state index contributed by atoms with van der Waals surface area (Å²) in [5, 5.41) is 21.0. The Balaban J connectivity index is 2.40. The van der Waals surface area contributed by atoms with E-state index >= 15 is 0 Å². The van der Waals surface area contributed by atoms with Crippen LogP contribution in [0, 0.1) is 6.92 Å². The average molecular weight is 343 g/mol. The molecule has 0 aromatic carbocycles. The minimum absolute atomic E-state index is 0.0505. The SMILES string of the molecule is Cc1nn(C)c(Cn2nnc(C(=O)O)c2CCN)c1Br. The summed E-state index contributed by atoms with van der Waals surface area (Å²) >= 11 is 3.47. The van der Waals surface area contributed by atoms with Gasteiger partial charge in [-0.15, -0.1) is 5.10 Å². The van der Waals surface area contributed by atoms with Gasteiger partial charge < -0.3 is 10.8 Å². The van der Waals surface area contributed by atoms with E-state index in [9.17, 15) is 4.79 Å². The van der Waals surface area contributed by atoms with Crippen LogP contribution in [0.15, 0.2) is 4.47 Å². The first kappa shape index (κ1) is 14.7. The molecule has 2 rings (SSSR count). The fourth-order valence-corrected chi connectivity index (χ4v) is 2.47. The molecular weight excluding hydrogens is 328 g/mol. The van der Waals surface area contributed by atoms with Crippen molar-refractivity contribution in [1.82, 2.24) is 24.8 Å². The summed E-state index contributed by atoms with van der Waals surface area (Å²) in [6, 6.07) is 0. The van der Waals surface area contributed by atoms with Crippen molar-refractivity contribution in [2.75, 3.05) is 6.54 Å². The first-order valence-corrected chi connectivity index (χ1v) is 6.78. The minimum Gasteiger partial charge on any atom is -0.476 e. The second-order valence-corrected chi connectivity index (χ2v) is 5.15. The van der Waals surface area contributed by atoms with E-state index in [1.54, 1.807) is 9.36 Å². The van der Waals surface area contributed by atoms with Crippen LogP contribution in [0.3, 0.4) is 0 Å². The van der Waals surface area contributed by atoms with E-state index in [0.29, 0.717) is 25.2 Å². The maximum atomic E-state index is 11.1. The second-order valence-electron chi connectivity index (χ2n) is 4.36. The van der Waals surface area contributed by atoms with Gasteiger partial charge >= 0.3 is 5.97 Å². The van der Waals surface area contributed by atoms with Gasteiger partial charge in [-0.05, 0) is 29.4 Å². The maximum absolute atomic E-state index is 11.1. The van der Waals surface area contributed by atoms with Crippen LogP contribution >= 0.6 is 15.9 Å². The largest absolute Gasteiger partial charge is 0.476 e. The van der Waals surface area contributed by atoms with Crippen LogP contribution in [0.1, 0.15) is 27.6 Å². The third-order valence-corrected chi connectivity index (χ3v) is 4.01. The number of aromatic nitrogens is 5. The number of halogens is 1. The van der Waals surface area contributed by atoms with Gasteiger partial charge in [0.15, 0.2) is 5.69 Å². The van der Waals surface area contributed by atoms with Crippen LogP contribution in [-0.2, 0) is 20.0 Å². The topological polar surface area (TPSA) is 112 Å². The predicted octanol–water partition coefficient (Wildman–Crippen LogP) is 0.330. The number of hydrogen-bond donors (Lipinski definition) is 2. The highest BCUT2D eigenvalue weighted by atomic mass is 79.9. The smallest absolute Gasteiger partial charge is 0.358 e. The standard InChI is InChI=1S/C11H15BrN6O2/c1-6-9(12)8(17(2)15-6)5-18-7(3-4-13)10(11(19)20)14-16-18/h3-5,13H2,1-2H3,(H,19,20). The van der Waals surface area contributed by atoms with E-state index < -0.39 is 5.97 Å². The van der Waals surface area contributed by atoms with Crippen molar-refractivity contribution in [3.05, 3.63) is 27.2 Å². The molecule has 0 bridgehead atoms. The number of carboxylic acids is 1. The van der Waals surface area contributed by atoms with Gasteiger partial charge in [0.1, 0.15) is 0 Å². The van der Waals surface area contributed by atoms with Crippen molar-refractivity contribution in [3.63, 3.8) is 0 Å². The molecule has 0 fully saturated rings. The van der Waals surface area contributed by atoms with Crippen LogP contribution in [0.2, 0.25) is 0 Å². The van der Waals surface area contributed by atoms with E-state index in [1.165, 1.54) is 0 Å². The van der Waals surface area contributed by atoms with Gasteiger partial charge in [-0.3, -0.25) is 4.68 Å². The highest BCUT2D eigenvalue weighted by molar-refractivity contribution is 9.10. The van der Waals surface area contributed by atoms with Gasteiger partial charge in [-0.2, -0.15) is 5.10 Å². The molecule has 108 valence electrons. The lowest BCUT2D eigenvalue weighted by Gasteiger charge is -2.07. The molecule has 2 aromatic heterocycles. The molecule has 0 atom stereocenters. The highest BCUT2D eigenvalue weighted by Gasteiger charge is 2.20. The number of aromatic carboxylic acids is 1. The molecule has 9 heteroatoms. The van der Waals surface area contributed by atoms with Gasteiger partial charge in [0.2, 0.25) is 0 Å². The van der Waals surface area contributed by atoms with Crippen molar-refractivity contribution < 1.29 is 9.90 Å². The molecule has 0 amide bonds. The van der Waals surface area contributed by atoms with E-state index in [1.807, 2.05) is 14.0 Å². The van der Waals surface area contributed by atoms with Gasteiger partial charge in [-0.1, -0.05) is 5.21 Å². The van der Waals surface area contributed by atoms with E-state index in [4.69, 9.17) is 10.8 Å². The zero-order valence-corrected chi connectivity index (χ0v) is 12.8. The van der Waals surface area contributed by atoms with Gasteiger partial charge in [0.25, 0.3) is 0 Å². The van der Waals surface area contributed by atoms with E-state index in [-0.39, 0.29) is 5.69 Å². The molecule has 2 aromatic rings. The fraction of sp³-hybridized carbons (Fsp3) is 0.455. The Morgan fingerprint density at radius 3 is 2.65 bits per heavy atom. The summed E-state index contributed by atoms with van der Waals surface area (Å²) in [5.41, 5.74) is 7.75. The summed E-state index contributed by atoms with van der Waals surface area (Å²) in [5.74, 6) is -1.10. The quantitative estimate of drug-likeness (QED) is 0.809. The summed E-state index contributed by atoms with van der Waals surface area (Å²) in [6.45, 7) is 2.60. The molecule has 8 nitrogen and oxygen atoms in total. The summed E-state index contributed by atoms with van der Waals surface area (Å²) < 4.78 is 4.16. The van der Waals surface area contributed by atoms with E-state index in [2.05, 4.69) is 31.3 Å². The van der Waals surface area contributed by atoms with Crippen molar-refractivity contribution in [2.24, 2.45) is 12.8 Å². The molecular formula is C11H15BrN6O2. The Kier molecular flexibility index (Phi) is 4.19. The molecule has 0 unspecified atom stereocenters. The van der Waals surface area contributed by atoms with Crippen LogP contribution in [0.4, 0.5) is 0 Å². The third-order valence-electron chi connectivity index (χ3n) is 2.98. The van der Waals surface area contributed by atoms with Crippen LogP contribution in [-0.4, -0.2) is 42.4 Å². The number of carboxylic acid groups (broad SMARTS) is 1. The van der Waals surface area contributed by atoms with Crippen molar-refractivity contribution in [3.8, 4) is 0 Å². The molecule has 0 radical (unpaired) electrons. The lowest BCUT2D eigenvalue weighted by Crippen LogP contribution is -2.15. The number of carbonyl (C=O) groups is 1. The second kappa shape index (κ2) is 5.71. The van der Waals surface area contributed by atoms with Crippen molar-refractivity contribution in [2.45, 2.75) is 19.9 Å². The zero-order valence-electron chi connectivity index (χ0n) is 11.2. The number of hydrogen-bond acceptors (Lipinski definition) is 5. The van der Waals surface area contributed by atoms with Gasteiger partial charge in [0, 0.05) is 13.5 Å². The Morgan fingerprint density at radius 1 is 1.45 bits per heavy atom. The van der Waals surface area contributed by atoms with Crippen LogP contribution in [0.5, 0.6) is 0 Å². The number of nitrogens with two attached hydrogens (primary N) is 1. The highest BCUT2D eigenvalue weighted by Crippen LogP contribution is 2.21. The molecule has 0 saturated heterocycles. The van der Waals surface area contributed by atoms with E-state index in [0.717, 1.165) is 15.9 Å². The lowest BCUT2D eigenvalue weighted by molar-refractivity contribution is 0.0689. The molecule has 2 heterocycles. The Morgan fingerprint density at radius 2 is 2.15 bits per heavy atom. The molecule has 0 aliphatic rings. The minimum atomic E-state index is -1.10. The first-order chi connectivity index (χ1) is 9.45. The third kappa shape index (κ3) is 2.59. The summed E-state index contributed by atoms with van der Waals surface area (Å²) in [7, 11) is 1.82. The normalized spacial score (nSPS) is 11.0. The number of nitrogens with zero attached hydrogens (tertiary/aromatic N) is 5. The van der Waals surface area contributed by atoms with Crippen LogP contribution in [0.25, 0.3) is 0 Å². The number of aryl methyl sites for hydroxylation is 2. The molecule has 0 aliphatic carbocycles.